The number of fused-ring (bicyclic) bond motifs is 3. The van der Waals surface area contributed by atoms with E-state index in [-0.39, 0.29) is 31.4 Å². The van der Waals surface area contributed by atoms with Gasteiger partial charge in [0.05, 0.1) is 11.5 Å². The fraction of sp³-hybridized carbons (Fsp3) is 0.310. The number of aromatic nitrogens is 1. The number of piperazine rings is 1. The minimum Gasteiger partial charge on any atom is -0.350 e. The minimum atomic E-state index is -1.47. The second-order valence-electron chi connectivity index (χ2n) is 10.8. The van der Waals surface area contributed by atoms with E-state index in [1.807, 2.05) is 24.3 Å². The lowest BCUT2D eigenvalue weighted by Crippen LogP contribution is -2.67. The first-order valence-electron chi connectivity index (χ1n) is 13.2. The number of nitrogens with zero attached hydrogens (tertiary/aromatic N) is 2. The Morgan fingerprint density at radius 2 is 1.90 bits per heavy atom. The van der Waals surface area contributed by atoms with Gasteiger partial charge < -0.3 is 25.0 Å². The van der Waals surface area contributed by atoms with Crippen molar-refractivity contribution in [2.45, 2.75) is 30.0 Å². The van der Waals surface area contributed by atoms with Crippen molar-refractivity contribution >= 4 is 29.2 Å². The number of carbonyl (C=O) groups is 3. The van der Waals surface area contributed by atoms with Crippen LogP contribution in [0.15, 0.2) is 54.7 Å². The van der Waals surface area contributed by atoms with Gasteiger partial charge in [-0.05, 0) is 59.9 Å². The molecule has 3 aliphatic heterocycles. The zero-order chi connectivity index (χ0) is 28.4. The molecular weight excluding hydrogens is 536 g/mol. The monoisotopic (exact) mass is 561 g/mol. The Bertz CT molecular complexity index is 1590. The van der Waals surface area contributed by atoms with E-state index in [0.717, 1.165) is 34.9 Å². The number of hydrogen-bond donors (Lipinski definition) is 3. The number of anilines is 2. The van der Waals surface area contributed by atoms with E-state index in [0.29, 0.717) is 24.3 Å². The molecule has 3 amide bonds. The van der Waals surface area contributed by atoms with Gasteiger partial charge in [-0.1, -0.05) is 12.1 Å². The van der Waals surface area contributed by atoms with E-state index in [9.17, 15) is 23.2 Å². The second kappa shape index (κ2) is 9.40. The standard InChI is InChI=1S/C29H25F2N5O5/c30-19-6-17(7-20(31)9-19)23-12-33-29(14-40-15-41-29)27(39)36(23)13-24(37)34-21-4-3-16-10-28(11-18(16)8-21)22-2-1-5-32-25(22)35-26(28)38/h1-9,23,33H,10-15H2,(H,34,37)(H,32,35,38). The lowest BCUT2D eigenvalue weighted by Gasteiger charge is -2.43. The summed E-state index contributed by atoms with van der Waals surface area (Å²) in [6.45, 7) is -0.471. The van der Waals surface area contributed by atoms with Gasteiger partial charge in [0.25, 0.3) is 5.91 Å². The molecule has 1 aromatic heterocycles. The van der Waals surface area contributed by atoms with Gasteiger partial charge in [0.15, 0.2) is 0 Å². The molecule has 2 saturated heterocycles. The molecule has 3 aromatic rings. The molecule has 210 valence electrons. The van der Waals surface area contributed by atoms with Crippen LogP contribution in [0.25, 0.3) is 0 Å². The molecule has 2 aromatic carbocycles. The third-order valence-electron chi connectivity index (χ3n) is 8.31. The highest BCUT2D eigenvalue weighted by molar-refractivity contribution is 6.06. The highest BCUT2D eigenvalue weighted by Gasteiger charge is 2.53. The minimum absolute atomic E-state index is 0.0625. The number of ether oxygens (including phenoxy) is 2. The van der Waals surface area contributed by atoms with Crippen LogP contribution < -0.4 is 16.0 Å². The molecular formula is C29H25F2N5O5. The Labute approximate surface area is 233 Å². The molecule has 7 rings (SSSR count). The molecule has 10 nitrogen and oxygen atoms in total. The number of carbonyl (C=O) groups excluding carboxylic acids is 3. The van der Waals surface area contributed by atoms with Crippen molar-refractivity contribution in [1.82, 2.24) is 15.2 Å². The fourth-order valence-electron chi connectivity index (χ4n) is 6.36. The second-order valence-corrected chi connectivity index (χ2v) is 10.8. The molecule has 4 aliphatic rings. The number of nitrogens with one attached hydrogen (secondary N) is 3. The molecule has 3 atom stereocenters. The van der Waals surface area contributed by atoms with Crippen molar-refractivity contribution in [2.24, 2.45) is 0 Å². The summed E-state index contributed by atoms with van der Waals surface area (Å²) >= 11 is 0. The van der Waals surface area contributed by atoms with Crippen molar-refractivity contribution in [2.75, 3.05) is 37.1 Å². The number of pyridine rings is 1. The van der Waals surface area contributed by atoms with Gasteiger partial charge >= 0.3 is 0 Å². The Kier molecular flexibility index (Phi) is 5.89. The van der Waals surface area contributed by atoms with Gasteiger partial charge in [0.1, 0.15) is 37.4 Å². The van der Waals surface area contributed by atoms with E-state index >= 15 is 0 Å². The Morgan fingerprint density at radius 3 is 2.68 bits per heavy atom. The Balaban J connectivity index is 1.12. The van der Waals surface area contributed by atoms with Gasteiger partial charge in [0.2, 0.25) is 17.5 Å². The SMILES string of the molecule is O=C(CN1C(=O)C2(COCO2)NCC1c1cc(F)cc(F)c1)Nc1ccc2c(c1)CC1(C2)C(=O)Nc2ncccc21. The molecule has 2 fully saturated rings. The maximum atomic E-state index is 14.1. The van der Waals surface area contributed by atoms with E-state index in [2.05, 4.69) is 20.9 Å². The number of rotatable bonds is 4. The van der Waals surface area contributed by atoms with Crippen molar-refractivity contribution in [3.8, 4) is 0 Å². The molecule has 1 aliphatic carbocycles. The number of amides is 3. The largest absolute Gasteiger partial charge is 0.350 e. The zero-order valence-corrected chi connectivity index (χ0v) is 21.7. The zero-order valence-electron chi connectivity index (χ0n) is 21.7. The van der Waals surface area contributed by atoms with Crippen molar-refractivity contribution in [1.29, 1.82) is 0 Å². The first-order chi connectivity index (χ1) is 19.8. The maximum absolute atomic E-state index is 14.1. The number of halogens is 2. The van der Waals surface area contributed by atoms with Crippen LogP contribution in [0.4, 0.5) is 20.3 Å². The first kappa shape index (κ1) is 25.7. The number of benzene rings is 2. The van der Waals surface area contributed by atoms with Crippen LogP contribution in [0.5, 0.6) is 0 Å². The lowest BCUT2D eigenvalue weighted by molar-refractivity contribution is -0.166. The van der Waals surface area contributed by atoms with Crippen molar-refractivity contribution in [3.05, 3.63) is 88.6 Å². The average molecular weight is 562 g/mol. The fourth-order valence-corrected chi connectivity index (χ4v) is 6.36. The van der Waals surface area contributed by atoms with E-state index < -0.39 is 47.2 Å². The van der Waals surface area contributed by atoms with Crippen LogP contribution in [0, 0.1) is 11.6 Å². The van der Waals surface area contributed by atoms with Crippen molar-refractivity contribution < 1.29 is 32.6 Å². The van der Waals surface area contributed by atoms with Crippen LogP contribution in [0.3, 0.4) is 0 Å². The van der Waals surface area contributed by atoms with Crippen LogP contribution in [0.1, 0.15) is 28.3 Å². The molecule has 0 radical (unpaired) electrons. The molecule has 3 unspecified atom stereocenters. The Morgan fingerprint density at radius 1 is 1.10 bits per heavy atom. The number of hydrogen-bond acceptors (Lipinski definition) is 7. The molecule has 12 heteroatoms. The summed E-state index contributed by atoms with van der Waals surface area (Å²) in [5.74, 6) is -2.18. The van der Waals surface area contributed by atoms with Crippen molar-refractivity contribution in [3.63, 3.8) is 0 Å². The van der Waals surface area contributed by atoms with E-state index in [4.69, 9.17) is 9.47 Å². The predicted molar refractivity (Wildman–Crippen MR) is 140 cm³/mol. The van der Waals surface area contributed by atoms with Gasteiger partial charge in [-0.25, -0.2) is 13.8 Å². The maximum Gasteiger partial charge on any atom is 0.273 e. The average Bonchev–Trinajstić information content (AvgIpc) is 3.63. The summed E-state index contributed by atoms with van der Waals surface area (Å²) in [6, 6.07) is 11.4. The van der Waals surface area contributed by atoms with Crippen LogP contribution in [0.2, 0.25) is 0 Å². The van der Waals surface area contributed by atoms with Gasteiger partial charge in [0, 0.05) is 30.1 Å². The van der Waals surface area contributed by atoms with Crippen LogP contribution >= 0.6 is 0 Å². The third kappa shape index (κ3) is 4.17. The van der Waals surface area contributed by atoms with E-state index in [1.165, 1.54) is 4.90 Å². The molecule has 2 spiro atoms. The summed E-state index contributed by atoms with van der Waals surface area (Å²) in [5, 5.41) is 8.71. The van der Waals surface area contributed by atoms with Gasteiger partial charge in [-0.2, -0.15) is 0 Å². The summed E-state index contributed by atoms with van der Waals surface area (Å²) in [7, 11) is 0. The van der Waals surface area contributed by atoms with E-state index in [1.54, 1.807) is 12.3 Å². The van der Waals surface area contributed by atoms with Crippen LogP contribution in [-0.4, -0.2) is 59.8 Å². The smallest absolute Gasteiger partial charge is 0.273 e. The van der Waals surface area contributed by atoms with Crippen LogP contribution in [-0.2, 0) is 42.1 Å². The summed E-state index contributed by atoms with van der Waals surface area (Å²) in [4.78, 5) is 45.4. The summed E-state index contributed by atoms with van der Waals surface area (Å²) in [6.07, 6.45) is 2.62. The van der Waals surface area contributed by atoms with Gasteiger partial charge in [-0.15, -0.1) is 0 Å². The summed E-state index contributed by atoms with van der Waals surface area (Å²) in [5.41, 5.74) is 1.27. The molecule has 0 saturated carbocycles. The third-order valence-corrected chi connectivity index (χ3v) is 8.31. The molecule has 41 heavy (non-hydrogen) atoms. The summed E-state index contributed by atoms with van der Waals surface area (Å²) < 4.78 is 38.9. The molecule has 3 N–H and O–H groups in total. The normalized spacial score (nSPS) is 26.4. The van der Waals surface area contributed by atoms with Gasteiger partial charge in [-0.3, -0.25) is 19.7 Å². The molecule has 0 bridgehead atoms. The quantitative estimate of drug-likeness (QED) is 0.446. The highest BCUT2D eigenvalue weighted by atomic mass is 19.1. The molecule has 4 heterocycles. The predicted octanol–water partition coefficient (Wildman–Crippen LogP) is 2.16. The first-order valence-corrected chi connectivity index (χ1v) is 13.2. The lowest BCUT2D eigenvalue weighted by atomic mass is 9.79. The Hall–Kier alpha value is -4.26. The topological polar surface area (TPSA) is 122 Å². The highest BCUT2D eigenvalue weighted by Crippen LogP contribution is 2.47.